The lowest BCUT2D eigenvalue weighted by Gasteiger charge is -2.29. The summed E-state index contributed by atoms with van der Waals surface area (Å²) in [6.45, 7) is 5.20. The Balaban J connectivity index is 1.34. The summed E-state index contributed by atoms with van der Waals surface area (Å²) in [4.78, 5) is 39.1. The second-order valence-electron chi connectivity index (χ2n) is 10.5. The van der Waals surface area contributed by atoms with Crippen LogP contribution in [0.25, 0.3) is 22.4 Å². The molecule has 1 saturated heterocycles. The summed E-state index contributed by atoms with van der Waals surface area (Å²) in [7, 11) is 1.77. The molecule has 2 N–H and O–H groups in total. The zero-order valence-corrected chi connectivity index (χ0v) is 23.1. The number of hydrogen-bond donors (Lipinski definition) is 2. The number of rotatable bonds is 9. The van der Waals surface area contributed by atoms with E-state index in [4.69, 9.17) is 19.3 Å². The van der Waals surface area contributed by atoms with Gasteiger partial charge in [-0.05, 0) is 75.5 Å². The third-order valence-corrected chi connectivity index (χ3v) is 7.81. The van der Waals surface area contributed by atoms with Crippen molar-refractivity contribution >= 4 is 16.9 Å². The molecule has 1 amide bonds. The van der Waals surface area contributed by atoms with Crippen molar-refractivity contribution in [3.63, 3.8) is 0 Å². The van der Waals surface area contributed by atoms with E-state index in [1.807, 2.05) is 13.0 Å². The average molecular weight is 538 g/mol. The molecule has 1 aliphatic heterocycles. The number of nitrogens with one attached hydrogen (secondary N) is 2. The maximum Gasteiger partial charge on any atom is 0.277 e. The van der Waals surface area contributed by atoms with Gasteiger partial charge in [-0.1, -0.05) is 19.4 Å². The van der Waals surface area contributed by atoms with Gasteiger partial charge in [0.15, 0.2) is 11.8 Å². The minimum absolute atomic E-state index is 0.0653. The van der Waals surface area contributed by atoms with Gasteiger partial charge in [0, 0.05) is 26.0 Å². The minimum Gasteiger partial charge on any atom is -0.493 e. The molecule has 1 atom stereocenters. The number of nitrogens with zero attached hydrogens (tertiary/aromatic N) is 3. The number of ether oxygens (including phenoxy) is 2. The van der Waals surface area contributed by atoms with E-state index in [1.54, 1.807) is 11.7 Å². The number of amides is 1. The lowest BCUT2D eigenvalue weighted by atomic mass is 9.78. The molecule has 2 aliphatic rings. The monoisotopic (exact) mass is 537 g/mol. The van der Waals surface area contributed by atoms with E-state index >= 15 is 0 Å². The van der Waals surface area contributed by atoms with Crippen molar-refractivity contribution in [3.05, 3.63) is 39.8 Å². The number of H-pyrrole nitrogens is 1. The maximum absolute atomic E-state index is 13.1. The Morgan fingerprint density at radius 3 is 2.72 bits per heavy atom. The van der Waals surface area contributed by atoms with E-state index in [9.17, 15) is 9.59 Å². The van der Waals surface area contributed by atoms with Crippen molar-refractivity contribution < 1.29 is 19.1 Å². The minimum atomic E-state index is -0.342. The lowest BCUT2D eigenvalue weighted by molar-refractivity contribution is -0.202. The molecule has 0 spiro atoms. The van der Waals surface area contributed by atoms with E-state index in [0.717, 1.165) is 74.6 Å². The van der Waals surface area contributed by atoms with E-state index < -0.39 is 0 Å². The predicted octanol–water partition coefficient (Wildman–Crippen LogP) is 4.52. The van der Waals surface area contributed by atoms with Gasteiger partial charge in [-0.25, -0.2) is 15.3 Å². The molecule has 3 heterocycles. The molecule has 0 radical (unpaired) electrons. The summed E-state index contributed by atoms with van der Waals surface area (Å²) in [5.41, 5.74) is 6.28. The smallest absolute Gasteiger partial charge is 0.277 e. The third-order valence-electron chi connectivity index (χ3n) is 7.81. The maximum atomic E-state index is 13.1. The van der Waals surface area contributed by atoms with Crippen LogP contribution in [0, 0.1) is 5.92 Å². The van der Waals surface area contributed by atoms with E-state index in [1.165, 1.54) is 0 Å². The van der Waals surface area contributed by atoms with Crippen LogP contribution in [0.1, 0.15) is 82.4 Å². The number of hydroxylamine groups is 1. The van der Waals surface area contributed by atoms with Gasteiger partial charge in [-0.3, -0.25) is 14.3 Å². The first-order valence-corrected chi connectivity index (χ1v) is 14.3. The Kier molecular flexibility index (Phi) is 8.62. The first-order valence-electron chi connectivity index (χ1n) is 14.3. The number of aromatic amines is 1. The Labute approximate surface area is 228 Å². The van der Waals surface area contributed by atoms with Crippen molar-refractivity contribution in [1.29, 1.82) is 0 Å². The number of aryl methyl sites for hydroxylation is 2. The van der Waals surface area contributed by atoms with Crippen LogP contribution in [-0.2, 0) is 27.8 Å². The SMILES string of the molecule is CCCc1nn(C)c2c(=O)[nH]c(-c3cc(C4CCC(C(=O)NOC5CCCCO5)CC4)ccc3OCC)nc12. The summed E-state index contributed by atoms with van der Waals surface area (Å²) in [6.07, 6.45) is 7.56. The number of carbonyl (C=O) groups excluding carboxylic acids is 1. The number of benzene rings is 1. The fourth-order valence-corrected chi connectivity index (χ4v) is 5.75. The highest BCUT2D eigenvalue weighted by atomic mass is 16.8. The second kappa shape index (κ2) is 12.3. The number of carbonyl (C=O) groups is 1. The molecule has 1 saturated carbocycles. The Bertz CT molecular complexity index is 1350. The van der Waals surface area contributed by atoms with E-state index in [2.05, 4.69) is 34.6 Å². The lowest BCUT2D eigenvalue weighted by Crippen LogP contribution is -2.37. The summed E-state index contributed by atoms with van der Waals surface area (Å²) in [6, 6.07) is 6.14. The van der Waals surface area contributed by atoms with E-state index in [0.29, 0.717) is 41.7 Å². The highest BCUT2D eigenvalue weighted by molar-refractivity contribution is 5.80. The zero-order chi connectivity index (χ0) is 27.4. The quantitative estimate of drug-likeness (QED) is 0.385. The average Bonchev–Trinajstić information content (AvgIpc) is 3.28. The molecule has 39 heavy (non-hydrogen) atoms. The molecule has 1 aliphatic carbocycles. The van der Waals surface area contributed by atoms with Crippen molar-refractivity contribution in [2.75, 3.05) is 13.2 Å². The van der Waals surface area contributed by atoms with Crippen LogP contribution >= 0.6 is 0 Å². The van der Waals surface area contributed by atoms with Gasteiger partial charge in [0.2, 0.25) is 5.91 Å². The molecule has 210 valence electrons. The van der Waals surface area contributed by atoms with Gasteiger partial charge in [0.1, 0.15) is 17.1 Å². The van der Waals surface area contributed by atoms with Gasteiger partial charge in [0.25, 0.3) is 5.56 Å². The summed E-state index contributed by atoms with van der Waals surface area (Å²) < 4.78 is 13.1. The molecular formula is C29H39N5O5. The van der Waals surface area contributed by atoms with Gasteiger partial charge in [-0.15, -0.1) is 0 Å². The van der Waals surface area contributed by atoms with Crippen LogP contribution in [0.3, 0.4) is 0 Å². The zero-order valence-electron chi connectivity index (χ0n) is 23.1. The molecule has 2 aromatic heterocycles. The van der Waals surface area contributed by atoms with Crippen LogP contribution in [0.2, 0.25) is 0 Å². The largest absolute Gasteiger partial charge is 0.493 e. The molecule has 1 aromatic carbocycles. The van der Waals surface area contributed by atoms with Crippen LogP contribution in [-0.4, -0.2) is 45.2 Å². The first kappa shape index (κ1) is 27.3. The summed E-state index contributed by atoms with van der Waals surface area (Å²) in [5, 5.41) is 4.54. The summed E-state index contributed by atoms with van der Waals surface area (Å²) >= 11 is 0. The van der Waals surface area contributed by atoms with Gasteiger partial charge < -0.3 is 14.5 Å². The van der Waals surface area contributed by atoms with E-state index in [-0.39, 0.29) is 23.7 Å². The fourth-order valence-electron chi connectivity index (χ4n) is 5.75. The molecule has 5 rings (SSSR count). The normalized spacial score (nSPS) is 21.7. The van der Waals surface area contributed by atoms with Gasteiger partial charge >= 0.3 is 0 Å². The number of fused-ring (bicyclic) bond motifs is 1. The van der Waals surface area contributed by atoms with Crippen molar-refractivity contribution in [2.24, 2.45) is 13.0 Å². The molecule has 1 unspecified atom stereocenters. The van der Waals surface area contributed by atoms with Crippen molar-refractivity contribution in [3.8, 4) is 17.1 Å². The molecule has 10 heteroatoms. The Morgan fingerprint density at radius 1 is 1.18 bits per heavy atom. The van der Waals surface area contributed by atoms with Gasteiger partial charge in [-0.2, -0.15) is 5.10 Å². The van der Waals surface area contributed by atoms with Crippen LogP contribution in [0.5, 0.6) is 5.75 Å². The Hall–Kier alpha value is -3.24. The number of hydrogen-bond acceptors (Lipinski definition) is 7. The summed E-state index contributed by atoms with van der Waals surface area (Å²) in [5.74, 6) is 1.33. The Morgan fingerprint density at radius 2 is 2.00 bits per heavy atom. The third kappa shape index (κ3) is 6.01. The van der Waals surface area contributed by atoms with Crippen molar-refractivity contribution in [2.45, 2.75) is 83.8 Å². The second-order valence-corrected chi connectivity index (χ2v) is 10.5. The highest BCUT2D eigenvalue weighted by Gasteiger charge is 2.29. The van der Waals surface area contributed by atoms with Crippen LogP contribution in [0.15, 0.2) is 23.0 Å². The highest BCUT2D eigenvalue weighted by Crippen LogP contribution is 2.39. The molecular weight excluding hydrogens is 498 g/mol. The topological polar surface area (TPSA) is 120 Å². The molecule has 3 aromatic rings. The molecule has 10 nitrogen and oxygen atoms in total. The first-order chi connectivity index (χ1) is 19.0. The number of aromatic nitrogens is 4. The van der Waals surface area contributed by atoms with Crippen LogP contribution < -0.4 is 15.8 Å². The standard InChI is InChI=1S/C29H39N5O5/c1-4-8-22-25-26(34(3)32-22)29(36)31-27(30-25)21-17-20(14-15-23(21)37-5-2)18-10-12-19(13-11-18)28(35)33-39-24-9-6-7-16-38-24/h14-15,17-19,24H,4-13,16H2,1-3H3,(H,33,35)(H,30,31,36). The molecule has 0 bridgehead atoms. The molecule has 2 fully saturated rings. The fraction of sp³-hybridized carbons (Fsp3) is 0.586. The van der Waals surface area contributed by atoms with Gasteiger partial charge in [0.05, 0.1) is 17.9 Å². The van der Waals surface area contributed by atoms with Crippen molar-refractivity contribution in [1.82, 2.24) is 25.2 Å². The van der Waals surface area contributed by atoms with Crippen LogP contribution in [0.4, 0.5) is 0 Å². The predicted molar refractivity (Wildman–Crippen MR) is 147 cm³/mol.